The van der Waals surface area contributed by atoms with Crippen molar-refractivity contribution in [1.29, 1.82) is 0 Å². The standard InChI is InChI=1S/C17H19N3O4S/c1-11-8-9-18-16(10-11)19-17(22)12(2)20-25(23,24)15-6-4-14(5-7-15)13(3)21/h4-10,12,20H,1-3H3,(H,18,19,22). The van der Waals surface area contributed by atoms with Crippen molar-refractivity contribution in [3.05, 3.63) is 53.7 Å². The summed E-state index contributed by atoms with van der Waals surface area (Å²) in [5, 5.41) is 2.56. The van der Waals surface area contributed by atoms with E-state index < -0.39 is 22.0 Å². The fourth-order valence-corrected chi connectivity index (χ4v) is 3.27. The largest absolute Gasteiger partial charge is 0.309 e. The van der Waals surface area contributed by atoms with Gasteiger partial charge in [-0.15, -0.1) is 0 Å². The lowest BCUT2D eigenvalue weighted by Crippen LogP contribution is -2.41. The van der Waals surface area contributed by atoms with Crippen molar-refractivity contribution in [3.8, 4) is 0 Å². The number of rotatable bonds is 6. The molecule has 0 bridgehead atoms. The smallest absolute Gasteiger partial charge is 0.243 e. The molecular formula is C17H19N3O4S. The zero-order valence-corrected chi connectivity index (χ0v) is 14.9. The summed E-state index contributed by atoms with van der Waals surface area (Å²) in [6.45, 7) is 4.69. The average molecular weight is 361 g/mol. The average Bonchev–Trinajstić information content (AvgIpc) is 2.54. The summed E-state index contributed by atoms with van der Waals surface area (Å²) >= 11 is 0. The molecule has 132 valence electrons. The van der Waals surface area contributed by atoms with Crippen LogP contribution in [0.25, 0.3) is 0 Å². The Bertz CT molecular complexity index is 892. The number of sulfonamides is 1. The third kappa shape index (κ3) is 4.94. The first-order valence-corrected chi connectivity index (χ1v) is 9.04. The summed E-state index contributed by atoms with van der Waals surface area (Å²) in [6.07, 6.45) is 1.55. The number of nitrogens with one attached hydrogen (secondary N) is 2. The SMILES string of the molecule is CC(=O)c1ccc(S(=O)(=O)NC(C)C(=O)Nc2cc(C)ccn2)cc1. The monoisotopic (exact) mass is 361 g/mol. The van der Waals surface area contributed by atoms with Gasteiger partial charge in [0.25, 0.3) is 0 Å². The summed E-state index contributed by atoms with van der Waals surface area (Å²) in [7, 11) is -3.89. The molecule has 25 heavy (non-hydrogen) atoms. The van der Waals surface area contributed by atoms with Crippen molar-refractivity contribution >= 4 is 27.5 Å². The van der Waals surface area contributed by atoms with Crippen LogP contribution in [-0.4, -0.2) is 31.1 Å². The third-order valence-corrected chi connectivity index (χ3v) is 5.02. The second-order valence-electron chi connectivity index (χ2n) is 5.63. The number of benzene rings is 1. The van der Waals surface area contributed by atoms with Crippen LogP contribution in [0.1, 0.15) is 29.8 Å². The molecule has 0 aliphatic rings. The topological polar surface area (TPSA) is 105 Å². The van der Waals surface area contributed by atoms with Crippen LogP contribution in [0.3, 0.4) is 0 Å². The van der Waals surface area contributed by atoms with Crippen LogP contribution in [0.2, 0.25) is 0 Å². The van der Waals surface area contributed by atoms with Crippen LogP contribution in [0.15, 0.2) is 47.5 Å². The fraction of sp³-hybridized carbons (Fsp3) is 0.235. The predicted octanol–water partition coefficient (Wildman–Crippen LogP) is 1.90. The van der Waals surface area contributed by atoms with Gasteiger partial charge in [0, 0.05) is 11.8 Å². The summed E-state index contributed by atoms with van der Waals surface area (Å²) in [6, 6.07) is 7.97. The van der Waals surface area contributed by atoms with Crippen molar-refractivity contribution < 1.29 is 18.0 Å². The van der Waals surface area contributed by atoms with Crippen molar-refractivity contribution in [2.24, 2.45) is 0 Å². The van der Waals surface area contributed by atoms with Gasteiger partial charge in [0.15, 0.2) is 5.78 Å². The van der Waals surface area contributed by atoms with Crippen molar-refractivity contribution in [2.45, 2.75) is 31.7 Å². The molecule has 1 heterocycles. The zero-order chi connectivity index (χ0) is 18.6. The van der Waals surface area contributed by atoms with E-state index in [2.05, 4.69) is 15.0 Å². The second-order valence-corrected chi connectivity index (χ2v) is 7.35. The number of aryl methyl sites for hydroxylation is 1. The molecule has 2 rings (SSSR count). The highest BCUT2D eigenvalue weighted by Gasteiger charge is 2.22. The van der Waals surface area contributed by atoms with Crippen LogP contribution in [0, 0.1) is 6.92 Å². The van der Waals surface area contributed by atoms with E-state index in [1.54, 1.807) is 18.3 Å². The normalized spacial score (nSPS) is 12.4. The number of hydrogen-bond donors (Lipinski definition) is 2. The Morgan fingerprint density at radius 1 is 1.12 bits per heavy atom. The Kier molecular flexibility index (Phi) is 5.66. The van der Waals surface area contributed by atoms with Gasteiger partial charge in [-0.1, -0.05) is 12.1 Å². The number of Topliss-reactive ketones (excluding diaryl/α,β-unsaturated/α-hetero) is 1. The lowest BCUT2D eigenvalue weighted by atomic mass is 10.2. The van der Waals surface area contributed by atoms with Crippen molar-refractivity contribution in [1.82, 2.24) is 9.71 Å². The van der Waals surface area contributed by atoms with E-state index in [1.165, 1.54) is 38.1 Å². The maximum atomic E-state index is 12.3. The molecule has 1 atom stereocenters. The number of pyridine rings is 1. The molecule has 0 radical (unpaired) electrons. The number of hydrogen-bond acceptors (Lipinski definition) is 5. The fourth-order valence-electron chi connectivity index (χ4n) is 2.06. The van der Waals surface area contributed by atoms with Gasteiger partial charge in [-0.25, -0.2) is 13.4 Å². The first-order valence-electron chi connectivity index (χ1n) is 7.56. The molecule has 2 aromatic rings. The van der Waals surface area contributed by atoms with Gasteiger partial charge in [-0.2, -0.15) is 4.72 Å². The van der Waals surface area contributed by atoms with Crippen molar-refractivity contribution in [2.75, 3.05) is 5.32 Å². The lowest BCUT2D eigenvalue weighted by molar-refractivity contribution is -0.117. The van der Waals surface area contributed by atoms with Crippen LogP contribution in [0.5, 0.6) is 0 Å². The molecular weight excluding hydrogens is 342 g/mol. The van der Waals surface area contributed by atoms with E-state index >= 15 is 0 Å². The molecule has 1 unspecified atom stereocenters. The van der Waals surface area contributed by atoms with Gasteiger partial charge >= 0.3 is 0 Å². The van der Waals surface area contributed by atoms with Crippen LogP contribution in [0.4, 0.5) is 5.82 Å². The van der Waals surface area contributed by atoms with Crippen LogP contribution < -0.4 is 10.0 Å². The van der Waals surface area contributed by atoms with E-state index in [0.29, 0.717) is 11.4 Å². The number of carbonyl (C=O) groups is 2. The Hall–Kier alpha value is -2.58. The van der Waals surface area contributed by atoms with Gasteiger partial charge in [0.1, 0.15) is 5.82 Å². The summed E-state index contributed by atoms with van der Waals surface area (Å²) in [5.41, 5.74) is 1.33. The number of carbonyl (C=O) groups excluding carboxylic acids is 2. The number of aromatic nitrogens is 1. The Morgan fingerprint density at radius 2 is 1.76 bits per heavy atom. The number of ketones is 1. The van der Waals surface area contributed by atoms with Gasteiger partial charge in [-0.3, -0.25) is 9.59 Å². The molecule has 1 amide bonds. The van der Waals surface area contributed by atoms with Crippen LogP contribution in [-0.2, 0) is 14.8 Å². The van der Waals surface area contributed by atoms with Gasteiger partial charge in [-0.05, 0) is 50.6 Å². The molecule has 2 N–H and O–H groups in total. The number of anilines is 1. The summed E-state index contributed by atoms with van der Waals surface area (Å²) in [4.78, 5) is 27.4. The molecule has 0 aliphatic heterocycles. The minimum Gasteiger partial charge on any atom is -0.309 e. The Labute approximate surface area is 146 Å². The highest BCUT2D eigenvalue weighted by Crippen LogP contribution is 2.12. The summed E-state index contributed by atoms with van der Waals surface area (Å²) < 4.78 is 27.0. The summed E-state index contributed by atoms with van der Waals surface area (Å²) in [5.74, 6) is -0.334. The molecule has 0 aliphatic carbocycles. The number of nitrogens with zero attached hydrogens (tertiary/aromatic N) is 1. The molecule has 1 aromatic heterocycles. The predicted molar refractivity (Wildman–Crippen MR) is 93.8 cm³/mol. The first kappa shape index (κ1) is 18.8. The van der Waals surface area contributed by atoms with Gasteiger partial charge in [0.2, 0.25) is 15.9 Å². The second kappa shape index (κ2) is 7.54. The third-order valence-electron chi connectivity index (χ3n) is 3.46. The van der Waals surface area contributed by atoms with Crippen molar-refractivity contribution in [3.63, 3.8) is 0 Å². The maximum Gasteiger partial charge on any atom is 0.243 e. The molecule has 0 fully saturated rings. The lowest BCUT2D eigenvalue weighted by Gasteiger charge is -2.14. The first-order chi connectivity index (χ1) is 11.7. The van der Waals surface area contributed by atoms with E-state index in [-0.39, 0.29) is 10.7 Å². The molecule has 7 nitrogen and oxygen atoms in total. The molecule has 1 aromatic carbocycles. The van der Waals surface area contributed by atoms with Gasteiger partial charge < -0.3 is 5.32 Å². The Morgan fingerprint density at radius 3 is 2.32 bits per heavy atom. The Balaban J connectivity index is 2.08. The number of amides is 1. The molecule has 0 saturated carbocycles. The van der Waals surface area contributed by atoms with E-state index in [4.69, 9.17) is 0 Å². The molecule has 8 heteroatoms. The highest BCUT2D eigenvalue weighted by atomic mass is 32.2. The quantitative estimate of drug-likeness (QED) is 0.765. The molecule has 0 spiro atoms. The van der Waals surface area contributed by atoms with Gasteiger partial charge in [0.05, 0.1) is 10.9 Å². The minimum atomic E-state index is -3.89. The zero-order valence-electron chi connectivity index (χ0n) is 14.1. The maximum absolute atomic E-state index is 12.3. The van der Waals surface area contributed by atoms with Crippen LogP contribution >= 0.6 is 0 Å². The van der Waals surface area contributed by atoms with E-state index in [9.17, 15) is 18.0 Å². The highest BCUT2D eigenvalue weighted by molar-refractivity contribution is 7.89. The minimum absolute atomic E-state index is 0.0224. The van der Waals surface area contributed by atoms with E-state index in [0.717, 1.165) is 5.56 Å². The van der Waals surface area contributed by atoms with E-state index in [1.807, 2.05) is 6.92 Å². The molecule has 0 saturated heterocycles.